The highest BCUT2D eigenvalue weighted by atomic mass is 35.5. The number of pyridine rings is 1. The van der Waals surface area contributed by atoms with Crippen LogP contribution < -0.4 is 9.64 Å². The highest BCUT2D eigenvalue weighted by Crippen LogP contribution is 2.25. The van der Waals surface area contributed by atoms with Gasteiger partial charge in [0.25, 0.3) is 5.91 Å². The van der Waals surface area contributed by atoms with Gasteiger partial charge in [0.15, 0.2) is 0 Å². The second kappa shape index (κ2) is 13.6. The number of carboxylic acids is 1. The third-order valence-electron chi connectivity index (χ3n) is 5.71. The van der Waals surface area contributed by atoms with Gasteiger partial charge in [0.2, 0.25) is 0 Å². The molecule has 0 aliphatic rings. The molecule has 0 spiro atoms. The molecule has 0 aliphatic heterocycles. The number of hydrogen-bond donors (Lipinski definition) is 1. The molecule has 2 aromatic carbocycles. The van der Waals surface area contributed by atoms with E-state index in [1.807, 2.05) is 51.1 Å². The molecule has 1 heterocycles. The topological polar surface area (TPSA) is 109 Å². The Morgan fingerprint density at radius 3 is 2.31 bits per heavy atom. The van der Waals surface area contributed by atoms with Crippen molar-refractivity contribution in [2.75, 3.05) is 24.6 Å². The van der Waals surface area contributed by atoms with E-state index in [1.165, 1.54) is 15.9 Å². The van der Waals surface area contributed by atoms with Gasteiger partial charge in [0.05, 0.1) is 18.7 Å². The Kier molecular flexibility index (Phi) is 10.3. The zero-order chi connectivity index (χ0) is 28.4. The van der Waals surface area contributed by atoms with E-state index in [-0.39, 0.29) is 49.2 Å². The van der Waals surface area contributed by atoms with Gasteiger partial charge in [0, 0.05) is 35.1 Å². The van der Waals surface area contributed by atoms with Crippen LogP contribution >= 0.6 is 11.6 Å². The minimum Gasteiger partial charge on any atom is -0.492 e. The molecule has 39 heavy (non-hydrogen) atoms. The minimum atomic E-state index is -0.992. The summed E-state index contributed by atoms with van der Waals surface area (Å²) >= 11 is 6.29. The lowest BCUT2D eigenvalue weighted by atomic mass is 10.0. The maximum atomic E-state index is 13.3. The molecule has 3 rings (SSSR count). The summed E-state index contributed by atoms with van der Waals surface area (Å²) in [4.78, 5) is 44.3. The van der Waals surface area contributed by atoms with Gasteiger partial charge in [-0.2, -0.15) is 0 Å². The van der Waals surface area contributed by atoms with Gasteiger partial charge < -0.3 is 19.5 Å². The number of ether oxygens (including phenoxy) is 2. The molecule has 0 radical (unpaired) electrons. The number of amides is 2. The van der Waals surface area contributed by atoms with E-state index in [0.717, 1.165) is 5.56 Å². The fraction of sp³-hybridized carbons (Fsp3) is 0.310. The summed E-state index contributed by atoms with van der Waals surface area (Å²) in [5.74, 6) is -1.02. The van der Waals surface area contributed by atoms with E-state index in [4.69, 9.17) is 26.2 Å². The van der Waals surface area contributed by atoms with Gasteiger partial charge >= 0.3 is 12.1 Å². The summed E-state index contributed by atoms with van der Waals surface area (Å²) in [5, 5.41) is 9.39. The molecule has 0 saturated carbocycles. The second-order valence-corrected chi connectivity index (χ2v) is 10.1. The molecule has 1 N–H and O–H groups in total. The van der Waals surface area contributed by atoms with Crippen molar-refractivity contribution in [1.82, 2.24) is 9.88 Å². The van der Waals surface area contributed by atoms with E-state index < -0.39 is 17.6 Å². The summed E-state index contributed by atoms with van der Waals surface area (Å²) in [6.45, 7) is 5.90. The van der Waals surface area contributed by atoms with E-state index >= 15 is 0 Å². The number of carbonyl (C=O) groups is 3. The molecule has 0 atom stereocenters. The molecule has 0 saturated heterocycles. The Hall–Kier alpha value is -4.11. The number of nitrogens with zero attached hydrogens (tertiary/aromatic N) is 3. The predicted molar refractivity (Wildman–Crippen MR) is 148 cm³/mol. The number of rotatable bonds is 11. The van der Waals surface area contributed by atoms with E-state index in [1.54, 1.807) is 36.7 Å². The third-order valence-corrected chi connectivity index (χ3v) is 5.92. The number of benzene rings is 2. The van der Waals surface area contributed by atoms with Crippen LogP contribution in [0.25, 0.3) is 0 Å². The largest absolute Gasteiger partial charge is 0.492 e. The summed E-state index contributed by atoms with van der Waals surface area (Å²) in [6, 6.07) is 17.4. The van der Waals surface area contributed by atoms with Gasteiger partial charge in [-0.15, -0.1) is 0 Å². The van der Waals surface area contributed by atoms with Crippen molar-refractivity contribution >= 4 is 35.3 Å². The Labute approximate surface area is 232 Å². The standard InChI is InChI=1S/C29H32ClN3O6/c1-29(2,3)33(14-11-26(34)35)27(36)22-17-23(30)19-25(18-22)38-16-15-32(24-9-12-31-13-10-24)28(37)39-20-21-7-5-4-6-8-21/h4-10,12-13,17-19H,11,14-16,20H2,1-3H3,(H,34,35). The smallest absolute Gasteiger partial charge is 0.414 e. The number of aliphatic carboxylic acids is 1. The first-order valence-corrected chi connectivity index (χ1v) is 12.8. The summed E-state index contributed by atoms with van der Waals surface area (Å²) < 4.78 is 11.4. The first kappa shape index (κ1) is 29.4. The van der Waals surface area contributed by atoms with Crippen molar-refractivity contribution in [3.63, 3.8) is 0 Å². The molecule has 3 aromatic rings. The zero-order valence-corrected chi connectivity index (χ0v) is 22.9. The van der Waals surface area contributed by atoms with E-state index in [0.29, 0.717) is 11.4 Å². The lowest BCUT2D eigenvalue weighted by molar-refractivity contribution is -0.137. The maximum absolute atomic E-state index is 13.3. The molecular weight excluding hydrogens is 522 g/mol. The average Bonchev–Trinajstić information content (AvgIpc) is 2.89. The van der Waals surface area contributed by atoms with Crippen molar-refractivity contribution in [3.8, 4) is 5.75 Å². The monoisotopic (exact) mass is 553 g/mol. The molecule has 10 heteroatoms. The zero-order valence-electron chi connectivity index (χ0n) is 22.2. The first-order valence-electron chi connectivity index (χ1n) is 12.4. The minimum absolute atomic E-state index is 0.0480. The summed E-state index contributed by atoms with van der Waals surface area (Å²) in [7, 11) is 0. The fourth-order valence-corrected chi connectivity index (χ4v) is 4.00. The van der Waals surface area contributed by atoms with Crippen LogP contribution in [-0.2, 0) is 16.1 Å². The third kappa shape index (κ3) is 9.00. The number of anilines is 1. The number of aromatic nitrogens is 1. The normalized spacial score (nSPS) is 11.0. The molecule has 0 aliphatic carbocycles. The van der Waals surface area contributed by atoms with Crippen LogP contribution in [0.3, 0.4) is 0 Å². The Balaban J connectivity index is 1.71. The van der Waals surface area contributed by atoms with Crippen LogP contribution in [-0.4, -0.2) is 58.2 Å². The molecule has 0 bridgehead atoms. The molecule has 2 amide bonds. The van der Waals surface area contributed by atoms with Gasteiger partial charge in [-0.25, -0.2) is 4.79 Å². The highest BCUT2D eigenvalue weighted by Gasteiger charge is 2.28. The summed E-state index contributed by atoms with van der Waals surface area (Å²) in [6.07, 6.45) is 2.43. The summed E-state index contributed by atoms with van der Waals surface area (Å²) in [5.41, 5.74) is 1.11. The maximum Gasteiger partial charge on any atom is 0.414 e. The molecule has 206 valence electrons. The Morgan fingerprint density at radius 2 is 1.67 bits per heavy atom. The molecular formula is C29H32ClN3O6. The van der Waals surface area contributed by atoms with Gasteiger partial charge in [-0.1, -0.05) is 41.9 Å². The highest BCUT2D eigenvalue weighted by molar-refractivity contribution is 6.31. The molecule has 9 nitrogen and oxygen atoms in total. The van der Waals surface area contributed by atoms with Crippen molar-refractivity contribution in [2.24, 2.45) is 0 Å². The van der Waals surface area contributed by atoms with Gasteiger partial charge in [0.1, 0.15) is 19.0 Å². The SMILES string of the molecule is CC(C)(C)N(CCC(=O)O)C(=O)c1cc(Cl)cc(OCCN(C(=O)OCc2ccccc2)c2ccncc2)c1. The number of hydrogen-bond acceptors (Lipinski definition) is 6. The van der Waals surface area contributed by atoms with E-state index in [2.05, 4.69) is 4.98 Å². The Bertz CT molecular complexity index is 1270. The van der Waals surface area contributed by atoms with Crippen LogP contribution in [0.15, 0.2) is 73.1 Å². The van der Waals surface area contributed by atoms with Crippen LogP contribution in [0.4, 0.5) is 10.5 Å². The van der Waals surface area contributed by atoms with E-state index in [9.17, 15) is 14.4 Å². The van der Waals surface area contributed by atoms with Crippen LogP contribution in [0, 0.1) is 0 Å². The van der Waals surface area contributed by atoms with Crippen LogP contribution in [0.5, 0.6) is 5.75 Å². The number of carbonyl (C=O) groups excluding carboxylic acids is 2. The van der Waals surface area contributed by atoms with Crippen molar-refractivity contribution < 1.29 is 29.0 Å². The van der Waals surface area contributed by atoms with Crippen LogP contribution in [0.1, 0.15) is 43.1 Å². The number of halogens is 1. The number of carboxylic acid groups (broad SMARTS) is 1. The quantitative estimate of drug-likeness (QED) is 0.325. The predicted octanol–water partition coefficient (Wildman–Crippen LogP) is 5.67. The lowest BCUT2D eigenvalue weighted by Gasteiger charge is -2.35. The van der Waals surface area contributed by atoms with Crippen molar-refractivity contribution in [2.45, 2.75) is 39.3 Å². The van der Waals surface area contributed by atoms with Crippen LogP contribution in [0.2, 0.25) is 5.02 Å². The van der Waals surface area contributed by atoms with Gasteiger partial charge in [-0.3, -0.25) is 19.5 Å². The lowest BCUT2D eigenvalue weighted by Crippen LogP contribution is -2.46. The molecule has 1 aromatic heterocycles. The first-order chi connectivity index (χ1) is 18.5. The second-order valence-electron chi connectivity index (χ2n) is 9.69. The fourth-order valence-electron chi connectivity index (χ4n) is 3.78. The molecule has 0 unspecified atom stereocenters. The average molecular weight is 554 g/mol. The molecule has 0 fully saturated rings. The van der Waals surface area contributed by atoms with Crippen molar-refractivity contribution in [3.05, 3.63) is 89.2 Å². The van der Waals surface area contributed by atoms with Crippen molar-refractivity contribution in [1.29, 1.82) is 0 Å². The Morgan fingerprint density at radius 1 is 0.974 bits per heavy atom. The van der Waals surface area contributed by atoms with Gasteiger partial charge in [-0.05, 0) is 56.7 Å².